The molecule has 0 heteroatoms. The molecule has 0 saturated heterocycles. The fraction of sp³-hybridized carbons (Fsp3) is 0.524. The molecule has 1 aliphatic carbocycles. The lowest BCUT2D eigenvalue weighted by atomic mass is 9.76. The van der Waals surface area contributed by atoms with Crippen molar-refractivity contribution in [2.75, 3.05) is 0 Å². The normalized spacial score (nSPS) is 16.7. The van der Waals surface area contributed by atoms with Crippen molar-refractivity contribution in [3.05, 3.63) is 59.8 Å². The largest absolute Gasteiger partial charge is 0.0953 e. The van der Waals surface area contributed by atoms with Gasteiger partial charge in [0.2, 0.25) is 0 Å². The average Bonchev–Trinajstić information content (AvgIpc) is 2.43. The van der Waals surface area contributed by atoms with E-state index in [1.807, 2.05) is 0 Å². The Bertz CT molecular complexity index is 499. The predicted octanol–water partition coefficient (Wildman–Crippen LogP) is 6.78. The third kappa shape index (κ3) is 4.88. The molecule has 0 aromatic rings. The molecule has 1 rings (SSSR count). The van der Waals surface area contributed by atoms with Gasteiger partial charge in [0.25, 0.3) is 0 Å². The zero-order valence-corrected chi connectivity index (χ0v) is 14.8. The highest BCUT2D eigenvalue weighted by Gasteiger charge is 2.22. The second-order valence-corrected chi connectivity index (χ2v) is 7.76. The molecule has 0 spiro atoms. The second-order valence-electron chi connectivity index (χ2n) is 7.76. The lowest BCUT2D eigenvalue weighted by Gasteiger charge is -2.29. The maximum Gasteiger partial charge on any atom is -0.0138 e. The minimum Gasteiger partial charge on any atom is -0.0953 e. The summed E-state index contributed by atoms with van der Waals surface area (Å²) in [6.45, 7) is 21.8. The second kappa shape index (κ2) is 6.64. The van der Waals surface area contributed by atoms with Crippen molar-refractivity contribution in [3.8, 4) is 0 Å². The molecule has 0 aromatic carbocycles. The van der Waals surface area contributed by atoms with Crippen molar-refractivity contribution >= 4 is 0 Å². The van der Waals surface area contributed by atoms with Crippen LogP contribution in [-0.4, -0.2) is 0 Å². The van der Waals surface area contributed by atoms with Gasteiger partial charge in [-0.25, -0.2) is 0 Å². The highest BCUT2D eigenvalue weighted by Crippen LogP contribution is 2.37. The first-order valence-corrected chi connectivity index (χ1v) is 8.05. The average molecular weight is 284 g/mol. The summed E-state index contributed by atoms with van der Waals surface area (Å²) in [6.07, 6.45) is 12.2. The summed E-state index contributed by atoms with van der Waals surface area (Å²) >= 11 is 0. The molecule has 0 aromatic heterocycles. The van der Waals surface area contributed by atoms with Crippen molar-refractivity contribution in [1.29, 1.82) is 0 Å². The lowest BCUT2D eigenvalue weighted by Crippen LogP contribution is -2.15. The van der Waals surface area contributed by atoms with Gasteiger partial charge in [0.1, 0.15) is 0 Å². The van der Waals surface area contributed by atoms with Gasteiger partial charge in [0.05, 0.1) is 0 Å². The van der Waals surface area contributed by atoms with E-state index in [4.69, 9.17) is 0 Å². The van der Waals surface area contributed by atoms with E-state index >= 15 is 0 Å². The molecule has 0 saturated carbocycles. The number of hydrogen-bond acceptors (Lipinski definition) is 0. The Morgan fingerprint density at radius 2 is 1.67 bits per heavy atom. The van der Waals surface area contributed by atoms with Crippen molar-refractivity contribution in [2.24, 2.45) is 10.8 Å². The van der Waals surface area contributed by atoms with Crippen molar-refractivity contribution in [2.45, 2.75) is 60.8 Å². The van der Waals surface area contributed by atoms with Gasteiger partial charge >= 0.3 is 0 Å². The van der Waals surface area contributed by atoms with Crippen LogP contribution in [-0.2, 0) is 0 Å². The molecule has 0 aliphatic heterocycles. The number of allylic oxidation sites excluding steroid dienone is 8. The lowest BCUT2D eigenvalue weighted by molar-refractivity contribution is 0.412. The van der Waals surface area contributed by atoms with Crippen LogP contribution in [0.1, 0.15) is 60.8 Å². The molecule has 0 fully saturated rings. The minimum atomic E-state index is 0.121. The number of rotatable bonds is 5. The van der Waals surface area contributed by atoms with Crippen molar-refractivity contribution in [1.82, 2.24) is 0 Å². The smallest absolute Gasteiger partial charge is 0.0138 e. The molecular weight excluding hydrogens is 252 g/mol. The Labute approximate surface area is 132 Å². The van der Waals surface area contributed by atoms with Crippen LogP contribution in [0.25, 0.3) is 0 Å². The van der Waals surface area contributed by atoms with Crippen LogP contribution in [0.2, 0.25) is 0 Å². The van der Waals surface area contributed by atoms with Gasteiger partial charge in [-0.3, -0.25) is 0 Å². The monoisotopic (exact) mass is 284 g/mol. The Morgan fingerprint density at radius 1 is 1.05 bits per heavy atom. The van der Waals surface area contributed by atoms with Gasteiger partial charge in [-0.1, -0.05) is 84.6 Å². The maximum absolute atomic E-state index is 4.21. The Balaban J connectivity index is 2.79. The molecule has 0 heterocycles. The Kier molecular flexibility index (Phi) is 5.61. The molecule has 1 aliphatic rings. The number of hydrogen-bond donors (Lipinski definition) is 0. The third-order valence-corrected chi connectivity index (χ3v) is 4.76. The summed E-state index contributed by atoms with van der Waals surface area (Å²) in [5, 5.41) is 0. The van der Waals surface area contributed by atoms with Crippen LogP contribution in [0, 0.1) is 10.8 Å². The van der Waals surface area contributed by atoms with E-state index in [0.29, 0.717) is 5.41 Å². The molecule has 0 amide bonds. The molecule has 0 bridgehead atoms. The molecule has 0 N–H and O–H groups in total. The molecule has 0 nitrogen and oxygen atoms in total. The van der Waals surface area contributed by atoms with Crippen LogP contribution >= 0.6 is 0 Å². The highest BCUT2D eigenvalue weighted by atomic mass is 14.3. The van der Waals surface area contributed by atoms with Crippen LogP contribution in [0.4, 0.5) is 0 Å². The zero-order valence-electron chi connectivity index (χ0n) is 14.8. The van der Waals surface area contributed by atoms with Crippen LogP contribution in [0.15, 0.2) is 59.8 Å². The van der Waals surface area contributed by atoms with E-state index in [2.05, 4.69) is 79.0 Å². The van der Waals surface area contributed by atoms with Crippen LogP contribution < -0.4 is 0 Å². The van der Waals surface area contributed by atoms with Crippen molar-refractivity contribution in [3.63, 3.8) is 0 Å². The van der Waals surface area contributed by atoms with Gasteiger partial charge in [-0.05, 0) is 46.8 Å². The Morgan fingerprint density at radius 3 is 2.10 bits per heavy atom. The van der Waals surface area contributed by atoms with Crippen molar-refractivity contribution < 1.29 is 0 Å². The van der Waals surface area contributed by atoms with Crippen LogP contribution in [0.3, 0.4) is 0 Å². The fourth-order valence-corrected chi connectivity index (χ4v) is 2.25. The summed E-state index contributed by atoms with van der Waals surface area (Å²) in [4.78, 5) is 0. The van der Waals surface area contributed by atoms with E-state index < -0.39 is 0 Å². The molecule has 21 heavy (non-hydrogen) atoms. The summed E-state index contributed by atoms with van der Waals surface area (Å²) in [5.74, 6) is 0. The zero-order chi connectivity index (χ0) is 16.3. The van der Waals surface area contributed by atoms with Gasteiger partial charge in [0.15, 0.2) is 0 Å². The first-order chi connectivity index (χ1) is 9.58. The standard InChI is InChI=1S/C21H32/c1-9-21(7,8)19-14-12-18(13-15-19)16(2)10-11-17(3)20(4,5)6/h10-12,14H,2-3,9,13,15H2,1,4-8H3/b11-10-. The van der Waals surface area contributed by atoms with Gasteiger partial charge in [-0.15, -0.1) is 0 Å². The van der Waals surface area contributed by atoms with Gasteiger partial charge in [-0.2, -0.15) is 0 Å². The maximum atomic E-state index is 4.21. The molecule has 0 atom stereocenters. The van der Waals surface area contributed by atoms with E-state index in [9.17, 15) is 0 Å². The van der Waals surface area contributed by atoms with E-state index in [1.165, 1.54) is 12.0 Å². The molecule has 0 radical (unpaired) electrons. The van der Waals surface area contributed by atoms with E-state index in [1.54, 1.807) is 5.57 Å². The van der Waals surface area contributed by atoms with E-state index in [0.717, 1.165) is 24.0 Å². The van der Waals surface area contributed by atoms with E-state index in [-0.39, 0.29) is 5.41 Å². The first-order valence-electron chi connectivity index (χ1n) is 8.05. The predicted molar refractivity (Wildman–Crippen MR) is 96.3 cm³/mol. The van der Waals surface area contributed by atoms with Gasteiger partial charge < -0.3 is 0 Å². The summed E-state index contributed by atoms with van der Waals surface area (Å²) in [7, 11) is 0. The fourth-order valence-electron chi connectivity index (χ4n) is 2.25. The minimum absolute atomic E-state index is 0.121. The molecule has 0 unspecified atom stereocenters. The summed E-state index contributed by atoms with van der Waals surface area (Å²) < 4.78 is 0. The van der Waals surface area contributed by atoms with Crippen LogP contribution in [0.5, 0.6) is 0 Å². The highest BCUT2D eigenvalue weighted by molar-refractivity contribution is 5.44. The Hall–Kier alpha value is -1.30. The quantitative estimate of drug-likeness (QED) is 0.488. The third-order valence-electron chi connectivity index (χ3n) is 4.76. The molecular formula is C21H32. The summed E-state index contributed by atoms with van der Waals surface area (Å²) in [5.41, 5.74) is 5.61. The topological polar surface area (TPSA) is 0 Å². The first kappa shape index (κ1) is 17.8. The molecule has 116 valence electrons. The summed E-state index contributed by atoms with van der Waals surface area (Å²) in [6, 6.07) is 0. The SMILES string of the molecule is C=C(/C=C\C(=C)C(C)(C)C)C1=CC=C(C(C)(C)CC)CC1. The van der Waals surface area contributed by atoms with Gasteiger partial charge in [0, 0.05) is 0 Å².